The summed E-state index contributed by atoms with van der Waals surface area (Å²) in [6.45, 7) is 8.28. The van der Waals surface area contributed by atoms with Gasteiger partial charge in [-0.25, -0.2) is 4.79 Å². The van der Waals surface area contributed by atoms with Crippen molar-refractivity contribution < 1.29 is 24.3 Å². The molecule has 0 radical (unpaired) electrons. The fourth-order valence-electron chi connectivity index (χ4n) is 2.98. The lowest BCUT2D eigenvalue weighted by Gasteiger charge is -2.32. The fourth-order valence-corrected chi connectivity index (χ4v) is 2.98. The first-order valence-electron chi connectivity index (χ1n) is 9.20. The minimum atomic E-state index is -1.08. The van der Waals surface area contributed by atoms with Crippen LogP contribution in [0.25, 0.3) is 0 Å². The summed E-state index contributed by atoms with van der Waals surface area (Å²) in [5, 5.41) is 14.1. The minimum Gasteiger partial charge on any atom is -0.480 e. The molecule has 3 amide bonds. The Balaban J connectivity index is 2.39. The van der Waals surface area contributed by atoms with Gasteiger partial charge in [0.15, 0.2) is 0 Å². The standard InChI is InChI=1S/C18H31N3O5/c1-11(2)9-14(18(25)26)20-15(22)10-19-16(23)13-5-7-21(8-6-13)17(24)12(3)4/h11-14H,5-10H2,1-4H3,(H,19,23)(H,20,22)(H,25,26)/t14-/m0/s1. The second-order valence-electron chi connectivity index (χ2n) is 7.56. The third kappa shape index (κ3) is 7.01. The number of carbonyl (C=O) groups excluding carboxylic acids is 3. The van der Waals surface area contributed by atoms with Gasteiger partial charge in [-0.3, -0.25) is 14.4 Å². The van der Waals surface area contributed by atoms with Gasteiger partial charge < -0.3 is 20.6 Å². The zero-order valence-corrected chi connectivity index (χ0v) is 16.1. The molecule has 0 unspecified atom stereocenters. The van der Waals surface area contributed by atoms with Gasteiger partial charge in [0.25, 0.3) is 0 Å². The lowest BCUT2D eigenvalue weighted by atomic mass is 9.95. The zero-order chi connectivity index (χ0) is 19.9. The van der Waals surface area contributed by atoms with Gasteiger partial charge in [-0.2, -0.15) is 0 Å². The first-order valence-corrected chi connectivity index (χ1v) is 9.20. The Kier molecular flexibility index (Phi) is 8.54. The van der Waals surface area contributed by atoms with E-state index in [0.29, 0.717) is 32.4 Å². The molecule has 0 aromatic rings. The molecule has 0 spiro atoms. The normalized spacial score (nSPS) is 16.5. The van der Waals surface area contributed by atoms with E-state index in [-0.39, 0.29) is 36.1 Å². The van der Waals surface area contributed by atoms with Gasteiger partial charge in [-0.15, -0.1) is 0 Å². The summed E-state index contributed by atoms with van der Waals surface area (Å²) in [6, 6.07) is -0.954. The Bertz CT molecular complexity index is 525. The third-order valence-corrected chi connectivity index (χ3v) is 4.43. The van der Waals surface area contributed by atoms with Crippen LogP contribution in [0.2, 0.25) is 0 Å². The van der Waals surface area contributed by atoms with Crippen LogP contribution in [0.5, 0.6) is 0 Å². The Morgan fingerprint density at radius 1 is 1.08 bits per heavy atom. The van der Waals surface area contributed by atoms with E-state index in [9.17, 15) is 19.2 Å². The average Bonchev–Trinajstić information content (AvgIpc) is 2.58. The molecular formula is C18H31N3O5. The molecule has 0 bridgehead atoms. The van der Waals surface area contributed by atoms with E-state index < -0.39 is 17.9 Å². The van der Waals surface area contributed by atoms with Gasteiger partial charge in [0.2, 0.25) is 17.7 Å². The summed E-state index contributed by atoms with van der Waals surface area (Å²) < 4.78 is 0. The van der Waals surface area contributed by atoms with E-state index in [1.54, 1.807) is 4.90 Å². The van der Waals surface area contributed by atoms with Crippen LogP contribution in [-0.2, 0) is 19.2 Å². The molecule has 1 aliphatic heterocycles. The molecule has 0 saturated carbocycles. The highest BCUT2D eigenvalue weighted by atomic mass is 16.4. The van der Waals surface area contributed by atoms with Gasteiger partial charge in [0.1, 0.15) is 6.04 Å². The summed E-state index contributed by atoms with van der Waals surface area (Å²) in [6.07, 6.45) is 1.46. The van der Waals surface area contributed by atoms with Crippen molar-refractivity contribution >= 4 is 23.7 Å². The molecule has 0 aliphatic carbocycles. The third-order valence-electron chi connectivity index (χ3n) is 4.43. The van der Waals surface area contributed by atoms with Gasteiger partial charge in [0, 0.05) is 24.9 Å². The molecule has 1 fully saturated rings. The number of hydrogen-bond donors (Lipinski definition) is 3. The molecule has 8 nitrogen and oxygen atoms in total. The van der Waals surface area contributed by atoms with Crippen LogP contribution in [0, 0.1) is 17.8 Å². The number of likely N-dealkylation sites (tertiary alicyclic amines) is 1. The summed E-state index contributed by atoms with van der Waals surface area (Å²) in [7, 11) is 0. The summed E-state index contributed by atoms with van der Waals surface area (Å²) in [4.78, 5) is 49.0. The smallest absolute Gasteiger partial charge is 0.326 e. The lowest BCUT2D eigenvalue weighted by Crippen LogP contribution is -2.48. The van der Waals surface area contributed by atoms with Crippen LogP contribution >= 0.6 is 0 Å². The second-order valence-corrected chi connectivity index (χ2v) is 7.56. The molecule has 1 rings (SSSR count). The molecule has 1 heterocycles. The highest BCUT2D eigenvalue weighted by Crippen LogP contribution is 2.18. The number of carboxylic acid groups (broad SMARTS) is 1. The molecular weight excluding hydrogens is 338 g/mol. The van der Waals surface area contributed by atoms with Gasteiger partial charge >= 0.3 is 5.97 Å². The molecule has 8 heteroatoms. The number of hydrogen-bond acceptors (Lipinski definition) is 4. The molecule has 148 valence electrons. The Hall–Kier alpha value is -2.12. The van der Waals surface area contributed by atoms with E-state index in [0.717, 1.165) is 0 Å². The van der Waals surface area contributed by atoms with Crippen molar-refractivity contribution in [2.75, 3.05) is 19.6 Å². The number of amides is 3. The van der Waals surface area contributed by atoms with Crippen molar-refractivity contribution in [1.82, 2.24) is 15.5 Å². The fraction of sp³-hybridized carbons (Fsp3) is 0.778. The van der Waals surface area contributed by atoms with E-state index in [1.807, 2.05) is 27.7 Å². The quantitative estimate of drug-likeness (QED) is 0.580. The van der Waals surface area contributed by atoms with Gasteiger partial charge in [-0.1, -0.05) is 27.7 Å². The first-order chi connectivity index (χ1) is 12.1. The zero-order valence-electron chi connectivity index (χ0n) is 16.1. The van der Waals surface area contributed by atoms with Gasteiger partial charge in [-0.05, 0) is 25.2 Å². The number of rotatable bonds is 8. The number of carbonyl (C=O) groups is 4. The Morgan fingerprint density at radius 3 is 2.12 bits per heavy atom. The first kappa shape index (κ1) is 21.9. The van der Waals surface area contributed by atoms with Gasteiger partial charge in [0.05, 0.1) is 6.54 Å². The van der Waals surface area contributed by atoms with Crippen LogP contribution in [0.1, 0.15) is 47.0 Å². The predicted octanol–water partition coefficient (Wildman–Crippen LogP) is 0.613. The van der Waals surface area contributed by atoms with Crippen molar-refractivity contribution in [3.05, 3.63) is 0 Å². The Morgan fingerprint density at radius 2 is 1.65 bits per heavy atom. The predicted molar refractivity (Wildman–Crippen MR) is 96.2 cm³/mol. The molecule has 1 saturated heterocycles. The molecule has 1 atom stereocenters. The lowest BCUT2D eigenvalue weighted by molar-refractivity contribution is -0.142. The highest BCUT2D eigenvalue weighted by Gasteiger charge is 2.28. The summed E-state index contributed by atoms with van der Waals surface area (Å²) in [5.74, 6) is -1.90. The average molecular weight is 369 g/mol. The van der Waals surface area contributed by atoms with Crippen molar-refractivity contribution in [2.45, 2.75) is 53.0 Å². The molecule has 0 aromatic heterocycles. The number of piperidine rings is 1. The van der Waals surface area contributed by atoms with E-state index in [1.165, 1.54) is 0 Å². The number of aliphatic carboxylic acids is 1. The number of nitrogens with zero attached hydrogens (tertiary/aromatic N) is 1. The maximum absolute atomic E-state index is 12.2. The van der Waals surface area contributed by atoms with Crippen LogP contribution < -0.4 is 10.6 Å². The van der Waals surface area contributed by atoms with Crippen molar-refractivity contribution in [3.8, 4) is 0 Å². The maximum Gasteiger partial charge on any atom is 0.326 e. The van der Waals surface area contributed by atoms with Crippen molar-refractivity contribution in [1.29, 1.82) is 0 Å². The Labute approximate surface area is 154 Å². The molecule has 3 N–H and O–H groups in total. The van der Waals surface area contributed by atoms with Crippen molar-refractivity contribution in [3.63, 3.8) is 0 Å². The second kappa shape index (κ2) is 10.1. The van der Waals surface area contributed by atoms with Crippen LogP contribution in [-0.4, -0.2) is 59.4 Å². The summed E-state index contributed by atoms with van der Waals surface area (Å²) in [5.41, 5.74) is 0. The molecule has 26 heavy (non-hydrogen) atoms. The number of carboxylic acids is 1. The van der Waals surface area contributed by atoms with Crippen LogP contribution in [0.15, 0.2) is 0 Å². The SMILES string of the molecule is CC(C)C[C@H](NC(=O)CNC(=O)C1CCN(C(=O)C(C)C)CC1)C(=O)O. The largest absolute Gasteiger partial charge is 0.480 e. The van der Waals surface area contributed by atoms with Crippen LogP contribution in [0.4, 0.5) is 0 Å². The highest BCUT2D eigenvalue weighted by molar-refractivity contribution is 5.88. The minimum absolute atomic E-state index is 0.0582. The van der Waals surface area contributed by atoms with Crippen LogP contribution in [0.3, 0.4) is 0 Å². The van der Waals surface area contributed by atoms with Crippen molar-refractivity contribution in [2.24, 2.45) is 17.8 Å². The monoisotopic (exact) mass is 369 g/mol. The molecule has 1 aliphatic rings. The topological polar surface area (TPSA) is 116 Å². The van der Waals surface area contributed by atoms with E-state index in [2.05, 4.69) is 10.6 Å². The molecule has 0 aromatic carbocycles. The summed E-state index contributed by atoms with van der Waals surface area (Å²) >= 11 is 0. The van der Waals surface area contributed by atoms with E-state index in [4.69, 9.17) is 5.11 Å². The maximum atomic E-state index is 12.2. The number of nitrogens with one attached hydrogen (secondary N) is 2. The van der Waals surface area contributed by atoms with E-state index >= 15 is 0 Å².